The minimum atomic E-state index is -0.712. The monoisotopic (exact) mass is 707 g/mol. The van der Waals surface area contributed by atoms with E-state index >= 15 is 0 Å². The highest BCUT2D eigenvalue weighted by atomic mass is 16.6. The smallest absolute Gasteiger partial charge is 0.243 e. The van der Waals surface area contributed by atoms with Gasteiger partial charge in [-0.1, -0.05) is 32.9 Å². The summed E-state index contributed by atoms with van der Waals surface area (Å²) >= 11 is 0. The Kier molecular flexibility index (Phi) is 29.4. The predicted molar refractivity (Wildman–Crippen MR) is 190 cm³/mol. The first kappa shape index (κ1) is 45.9. The third-order valence-electron chi connectivity index (χ3n) is 6.59. The fourth-order valence-electron chi connectivity index (χ4n) is 4.00. The largest absolute Gasteiger partial charge is 0.379 e. The molecule has 0 heterocycles. The summed E-state index contributed by atoms with van der Waals surface area (Å²) in [6.07, 6.45) is 6.47. The van der Waals surface area contributed by atoms with Crippen LogP contribution in [0.25, 0.3) is 0 Å². The maximum atomic E-state index is 11.6. The Morgan fingerprint density at radius 3 is 0.960 bits per heavy atom. The molecule has 0 saturated carbocycles. The summed E-state index contributed by atoms with van der Waals surface area (Å²) in [6, 6.07) is 0. The average Bonchev–Trinajstić information content (AvgIpc) is 3.13. The molecule has 0 aliphatic heterocycles. The second kappa shape index (κ2) is 32.1. The van der Waals surface area contributed by atoms with Crippen molar-refractivity contribution in [2.24, 2.45) is 0 Å². The summed E-state index contributed by atoms with van der Waals surface area (Å²) in [6.45, 7) is 20.7. The van der Waals surface area contributed by atoms with Crippen LogP contribution < -0.4 is 26.6 Å². The second-order valence-electron chi connectivity index (χ2n) is 10.5. The number of carbonyl (C=O) groups excluding carboxylic acids is 5. The zero-order valence-electron chi connectivity index (χ0n) is 29.3. The molecule has 0 rings (SSSR count). The lowest BCUT2D eigenvalue weighted by molar-refractivity contribution is -0.170. The zero-order chi connectivity index (χ0) is 37.2. The van der Waals surface area contributed by atoms with Gasteiger partial charge in [-0.15, -0.1) is 0 Å². The molecule has 15 nitrogen and oxygen atoms in total. The summed E-state index contributed by atoms with van der Waals surface area (Å²) in [4.78, 5) is 57.8. The maximum Gasteiger partial charge on any atom is 0.243 e. The number of amides is 5. The van der Waals surface area contributed by atoms with E-state index in [1.165, 1.54) is 30.4 Å². The normalized spacial score (nSPS) is 12.3. The van der Waals surface area contributed by atoms with Gasteiger partial charge in [0.2, 0.25) is 29.5 Å². The van der Waals surface area contributed by atoms with E-state index in [4.69, 9.17) is 23.7 Å². The van der Waals surface area contributed by atoms with Gasteiger partial charge in [0.25, 0.3) is 0 Å². The van der Waals surface area contributed by atoms with Gasteiger partial charge in [0.1, 0.15) is 18.3 Å². The van der Waals surface area contributed by atoms with Crippen LogP contribution in [0.3, 0.4) is 0 Å². The van der Waals surface area contributed by atoms with E-state index in [9.17, 15) is 24.0 Å². The minimum Gasteiger partial charge on any atom is -0.379 e. The maximum absolute atomic E-state index is 11.6. The topological polar surface area (TPSA) is 192 Å². The third-order valence-corrected chi connectivity index (χ3v) is 6.59. The first-order chi connectivity index (χ1) is 24.2. The molecular formula is C35H57N5O10. The molecule has 282 valence electrons. The van der Waals surface area contributed by atoms with Gasteiger partial charge in [0.05, 0.1) is 13.2 Å². The highest BCUT2D eigenvalue weighted by Crippen LogP contribution is 2.16. The third kappa shape index (κ3) is 25.8. The molecule has 0 fully saturated rings. The standard InChI is InChI=1S/C35H57N5O10/c1-6-30(41)36-16-11-21-46-26-28(48-23-13-18-38-32(43)8-3)35(50-25-15-20-40-34(45)10-5)29(49-24-14-19-39-33(44)9-4)27-47-22-12-17-37-31(42)7-2/h6-10,28-29,35H,1-5,11-27H2,(H,36,41)(H,37,42)(H,38,43)(H,39,44)(H,40,45)/t28-,29+,35?. The van der Waals surface area contributed by atoms with Crippen molar-refractivity contribution in [3.05, 3.63) is 63.3 Å². The van der Waals surface area contributed by atoms with E-state index in [2.05, 4.69) is 59.5 Å². The highest BCUT2D eigenvalue weighted by molar-refractivity contribution is 5.88. The van der Waals surface area contributed by atoms with Crippen molar-refractivity contribution in [3.8, 4) is 0 Å². The number of hydrogen-bond donors (Lipinski definition) is 5. The molecule has 15 heteroatoms. The van der Waals surface area contributed by atoms with E-state index in [1.54, 1.807) is 0 Å². The van der Waals surface area contributed by atoms with Crippen molar-refractivity contribution in [2.75, 3.05) is 79.0 Å². The van der Waals surface area contributed by atoms with Crippen LogP contribution in [0.4, 0.5) is 0 Å². The van der Waals surface area contributed by atoms with Gasteiger partial charge in [-0.25, -0.2) is 0 Å². The lowest BCUT2D eigenvalue weighted by Gasteiger charge is -2.34. The molecule has 0 bridgehead atoms. The molecule has 1 unspecified atom stereocenters. The van der Waals surface area contributed by atoms with Crippen LogP contribution in [-0.2, 0) is 47.7 Å². The minimum absolute atomic E-state index is 0.106. The molecule has 0 aliphatic rings. The zero-order valence-corrected chi connectivity index (χ0v) is 29.3. The van der Waals surface area contributed by atoms with Crippen LogP contribution in [0.2, 0.25) is 0 Å². The van der Waals surface area contributed by atoms with Crippen LogP contribution in [0.15, 0.2) is 63.3 Å². The lowest BCUT2D eigenvalue weighted by Crippen LogP contribution is -2.48. The first-order valence-electron chi connectivity index (χ1n) is 16.7. The average molecular weight is 708 g/mol. The van der Waals surface area contributed by atoms with Crippen molar-refractivity contribution in [2.45, 2.75) is 50.4 Å². The van der Waals surface area contributed by atoms with Gasteiger partial charge in [0, 0.05) is 65.8 Å². The van der Waals surface area contributed by atoms with Crippen molar-refractivity contribution >= 4 is 29.5 Å². The highest BCUT2D eigenvalue weighted by Gasteiger charge is 2.33. The van der Waals surface area contributed by atoms with Gasteiger partial charge in [-0.3, -0.25) is 24.0 Å². The molecule has 0 aromatic carbocycles. The van der Waals surface area contributed by atoms with Crippen molar-refractivity contribution < 1.29 is 47.7 Å². The molecule has 0 radical (unpaired) electrons. The van der Waals surface area contributed by atoms with Crippen LogP contribution in [0, 0.1) is 0 Å². The Labute approximate surface area is 296 Å². The van der Waals surface area contributed by atoms with Crippen LogP contribution in [0.5, 0.6) is 0 Å². The molecule has 0 saturated heterocycles. The van der Waals surface area contributed by atoms with E-state index in [0.717, 1.165) is 0 Å². The number of ether oxygens (including phenoxy) is 5. The van der Waals surface area contributed by atoms with E-state index in [0.29, 0.717) is 78.0 Å². The molecule has 50 heavy (non-hydrogen) atoms. The summed E-state index contributed by atoms with van der Waals surface area (Å²) in [5.74, 6) is -1.44. The van der Waals surface area contributed by atoms with E-state index in [-0.39, 0.29) is 62.6 Å². The summed E-state index contributed by atoms with van der Waals surface area (Å²) in [5, 5.41) is 13.5. The molecular weight excluding hydrogens is 650 g/mol. The molecule has 0 aromatic heterocycles. The SMILES string of the molecule is C=CC(=O)NCCCOC[C@H](OCCCNC(=O)C=C)C(OCCCNC(=O)C=C)[C@@H](COCCCNC(=O)C=C)OCCCNC(=O)C=C. The van der Waals surface area contributed by atoms with E-state index in [1.807, 2.05) is 0 Å². The Morgan fingerprint density at radius 2 is 0.680 bits per heavy atom. The van der Waals surface area contributed by atoms with E-state index < -0.39 is 18.3 Å². The number of carbonyl (C=O) groups is 5. The van der Waals surface area contributed by atoms with Crippen LogP contribution in [-0.4, -0.2) is 127 Å². The summed E-state index contributed by atoms with van der Waals surface area (Å²) in [5.41, 5.74) is 0. The molecule has 0 spiro atoms. The molecule has 5 N–H and O–H groups in total. The van der Waals surface area contributed by atoms with Gasteiger partial charge in [-0.2, -0.15) is 0 Å². The predicted octanol–water partition coefficient (Wildman–Crippen LogP) is 0.637. The van der Waals surface area contributed by atoms with Gasteiger partial charge >= 0.3 is 0 Å². The van der Waals surface area contributed by atoms with Crippen molar-refractivity contribution in [1.29, 1.82) is 0 Å². The fourth-order valence-corrected chi connectivity index (χ4v) is 4.00. The molecule has 0 aliphatic carbocycles. The summed E-state index contributed by atoms with van der Waals surface area (Å²) in [7, 11) is 0. The van der Waals surface area contributed by atoms with Crippen molar-refractivity contribution in [3.63, 3.8) is 0 Å². The van der Waals surface area contributed by atoms with Crippen LogP contribution in [0.1, 0.15) is 32.1 Å². The Balaban J connectivity index is 5.88. The first-order valence-corrected chi connectivity index (χ1v) is 16.7. The number of rotatable bonds is 34. The number of hydrogen-bond acceptors (Lipinski definition) is 10. The molecule has 5 amide bonds. The van der Waals surface area contributed by atoms with Crippen LogP contribution >= 0.6 is 0 Å². The lowest BCUT2D eigenvalue weighted by atomic mass is 10.1. The quantitative estimate of drug-likeness (QED) is 0.0469. The second-order valence-corrected chi connectivity index (χ2v) is 10.5. The van der Waals surface area contributed by atoms with Gasteiger partial charge in [-0.05, 0) is 62.5 Å². The van der Waals surface area contributed by atoms with Gasteiger partial charge < -0.3 is 50.3 Å². The summed E-state index contributed by atoms with van der Waals surface area (Å²) < 4.78 is 30.9. The Bertz CT molecular complexity index is 989. The molecule has 0 aromatic rings. The van der Waals surface area contributed by atoms with Crippen molar-refractivity contribution in [1.82, 2.24) is 26.6 Å². The Hall–Kier alpha value is -4.15. The number of nitrogens with one attached hydrogen (secondary N) is 5. The molecule has 3 atom stereocenters. The Morgan fingerprint density at radius 1 is 0.420 bits per heavy atom. The van der Waals surface area contributed by atoms with Gasteiger partial charge in [0.15, 0.2) is 0 Å². The fraction of sp³-hybridized carbons (Fsp3) is 0.571.